The average Bonchev–Trinajstić information content (AvgIpc) is 2.73. The molecule has 0 unspecified atom stereocenters. The van der Waals surface area contributed by atoms with E-state index in [1.807, 2.05) is 48.5 Å². The molecule has 0 aliphatic carbocycles. The van der Waals surface area contributed by atoms with Gasteiger partial charge in [0.25, 0.3) is 5.91 Å². The van der Waals surface area contributed by atoms with Gasteiger partial charge in [-0.15, -0.1) is 0 Å². The minimum Gasteiger partial charge on any atom is -0.493 e. The quantitative estimate of drug-likeness (QED) is 0.511. The van der Waals surface area contributed by atoms with E-state index in [1.54, 1.807) is 43.7 Å². The summed E-state index contributed by atoms with van der Waals surface area (Å²) in [7, 11) is 1.60. The molecule has 0 aliphatic heterocycles. The van der Waals surface area contributed by atoms with Crippen molar-refractivity contribution in [2.24, 2.45) is 5.10 Å². The highest BCUT2D eigenvalue weighted by Crippen LogP contribution is 2.28. The SMILES string of the molecule is COc1ccc(/C=N/NC(=O)c2ccccc2)cc1OCc1ccccc1. The van der Waals surface area contributed by atoms with Crippen molar-refractivity contribution in [3.8, 4) is 11.5 Å². The van der Waals surface area contributed by atoms with Crippen LogP contribution in [0.3, 0.4) is 0 Å². The van der Waals surface area contributed by atoms with Crippen molar-refractivity contribution in [3.63, 3.8) is 0 Å². The molecule has 0 radical (unpaired) electrons. The number of rotatable bonds is 7. The third-order valence-corrected chi connectivity index (χ3v) is 3.84. The first-order valence-corrected chi connectivity index (χ1v) is 8.49. The number of nitrogens with one attached hydrogen (secondary N) is 1. The van der Waals surface area contributed by atoms with Gasteiger partial charge in [0, 0.05) is 5.56 Å². The Morgan fingerprint density at radius 2 is 1.67 bits per heavy atom. The normalized spacial score (nSPS) is 10.6. The summed E-state index contributed by atoms with van der Waals surface area (Å²) in [6.45, 7) is 0.433. The van der Waals surface area contributed by atoms with Crippen molar-refractivity contribution in [1.29, 1.82) is 0 Å². The lowest BCUT2D eigenvalue weighted by molar-refractivity contribution is 0.0955. The molecular weight excluding hydrogens is 340 g/mol. The second-order valence-corrected chi connectivity index (χ2v) is 5.75. The number of benzene rings is 3. The number of hydrogen-bond donors (Lipinski definition) is 1. The Labute approximate surface area is 158 Å². The molecule has 136 valence electrons. The van der Waals surface area contributed by atoms with Crippen molar-refractivity contribution < 1.29 is 14.3 Å². The smallest absolute Gasteiger partial charge is 0.271 e. The summed E-state index contributed by atoms with van der Waals surface area (Å²) in [6.07, 6.45) is 1.57. The molecule has 0 aromatic heterocycles. The molecule has 27 heavy (non-hydrogen) atoms. The van der Waals surface area contributed by atoms with Gasteiger partial charge in [-0.1, -0.05) is 48.5 Å². The first-order chi connectivity index (χ1) is 13.3. The molecule has 1 amide bonds. The first kappa shape index (κ1) is 18.2. The van der Waals surface area contributed by atoms with Gasteiger partial charge < -0.3 is 9.47 Å². The zero-order valence-corrected chi connectivity index (χ0v) is 15.0. The molecule has 0 fully saturated rings. The average molecular weight is 360 g/mol. The Morgan fingerprint density at radius 1 is 0.963 bits per heavy atom. The fourth-order valence-corrected chi connectivity index (χ4v) is 2.44. The molecule has 0 aliphatic rings. The van der Waals surface area contributed by atoms with Gasteiger partial charge in [-0.3, -0.25) is 4.79 Å². The topological polar surface area (TPSA) is 59.9 Å². The standard InChI is InChI=1S/C22H20N2O3/c1-26-20-13-12-18(14-21(20)27-16-17-8-4-2-5-9-17)15-23-24-22(25)19-10-6-3-7-11-19/h2-15H,16H2,1H3,(H,24,25)/b23-15+. The summed E-state index contributed by atoms with van der Waals surface area (Å²) < 4.78 is 11.2. The van der Waals surface area contributed by atoms with Crippen molar-refractivity contribution >= 4 is 12.1 Å². The minimum absolute atomic E-state index is 0.263. The highest BCUT2D eigenvalue weighted by atomic mass is 16.5. The molecule has 0 saturated heterocycles. The van der Waals surface area contributed by atoms with Crippen molar-refractivity contribution in [2.75, 3.05) is 7.11 Å². The second-order valence-electron chi connectivity index (χ2n) is 5.75. The molecular formula is C22H20N2O3. The van der Waals surface area contributed by atoms with Crippen molar-refractivity contribution in [1.82, 2.24) is 5.43 Å². The Bertz CT molecular complexity index is 909. The van der Waals surface area contributed by atoms with Crippen LogP contribution < -0.4 is 14.9 Å². The third-order valence-electron chi connectivity index (χ3n) is 3.84. The van der Waals surface area contributed by atoms with Gasteiger partial charge in [-0.25, -0.2) is 5.43 Å². The Balaban J connectivity index is 1.66. The summed E-state index contributed by atoms with van der Waals surface area (Å²) in [5.74, 6) is 0.983. The maximum absolute atomic E-state index is 12.0. The maximum atomic E-state index is 12.0. The number of carbonyl (C=O) groups is 1. The molecule has 3 rings (SSSR count). The minimum atomic E-state index is -0.263. The lowest BCUT2D eigenvalue weighted by Gasteiger charge is -2.11. The molecule has 0 saturated carbocycles. The number of methoxy groups -OCH3 is 1. The second kappa shape index (κ2) is 9.20. The Morgan fingerprint density at radius 3 is 2.37 bits per heavy atom. The van der Waals surface area contributed by atoms with Gasteiger partial charge in [-0.05, 0) is 41.5 Å². The molecule has 0 bridgehead atoms. The van der Waals surface area contributed by atoms with Gasteiger partial charge in [0.15, 0.2) is 11.5 Å². The van der Waals surface area contributed by atoms with Crippen LogP contribution >= 0.6 is 0 Å². The van der Waals surface area contributed by atoms with Crippen LogP contribution in [0.1, 0.15) is 21.5 Å². The largest absolute Gasteiger partial charge is 0.493 e. The van der Waals surface area contributed by atoms with E-state index in [0.29, 0.717) is 23.7 Å². The van der Waals surface area contributed by atoms with E-state index in [4.69, 9.17) is 9.47 Å². The molecule has 5 nitrogen and oxygen atoms in total. The third kappa shape index (κ3) is 5.19. The van der Waals surface area contributed by atoms with Gasteiger partial charge in [-0.2, -0.15) is 5.10 Å². The predicted molar refractivity (Wildman–Crippen MR) is 105 cm³/mol. The van der Waals surface area contributed by atoms with E-state index in [0.717, 1.165) is 11.1 Å². The van der Waals surface area contributed by atoms with Crippen molar-refractivity contribution in [2.45, 2.75) is 6.61 Å². The molecule has 5 heteroatoms. The van der Waals surface area contributed by atoms with Gasteiger partial charge in [0.2, 0.25) is 0 Å². The van der Waals surface area contributed by atoms with E-state index in [2.05, 4.69) is 10.5 Å². The van der Waals surface area contributed by atoms with Crippen LogP contribution in [-0.4, -0.2) is 19.2 Å². The summed E-state index contributed by atoms with van der Waals surface area (Å²) in [6, 6.07) is 24.3. The number of nitrogens with zero attached hydrogens (tertiary/aromatic N) is 1. The molecule has 0 heterocycles. The fourth-order valence-electron chi connectivity index (χ4n) is 2.44. The van der Waals surface area contributed by atoms with Gasteiger partial charge in [0.1, 0.15) is 6.61 Å². The molecule has 0 atom stereocenters. The van der Waals surface area contributed by atoms with Crippen molar-refractivity contribution in [3.05, 3.63) is 95.6 Å². The summed E-state index contributed by atoms with van der Waals surface area (Å²) in [5, 5.41) is 4.01. The monoisotopic (exact) mass is 360 g/mol. The van der Waals surface area contributed by atoms with E-state index in [-0.39, 0.29) is 5.91 Å². The number of carbonyl (C=O) groups excluding carboxylic acids is 1. The first-order valence-electron chi connectivity index (χ1n) is 8.49. The highest BCUT2D eigenvalue weighted by molar-refractivity contribution is 5.94. The maximum Gasteiger partial charge on any atom is 0.271 e. The molecule has 0 spiro atoms. The van der Waals surface area contributed by atoms with Crippen LogP contribution in [0.5, 0.6) is 11.5 Å². The van der Waals surface area contributed by atoms with Crippen LogP contribution in [0.25, 0.3) is 0 Å². The Kier molecular flexibility index (Phi) is 6.20. The van der Waals surface area contributed by atoms with Gasteiger partial charge in [0.05, 0.1) is 13.3 Å². The van der Waals surface area contributed by atoms with E-state index >= 15 is 0 Å². The Hall–Kier alpha value is -3.60. The predicted octanol–water partition coefficient (Wildman–Crippen LogP) is 4.04. The van der Waals surface area contributed by atoms with E-state index < -0.39 is 0 Å². The summed E-state index contributed by atoms with van der Waals surface area (Å²) in [4.78, 5) is 12.0. The van der Waals surface area contributed by atoms with Gasteiger partial charge >= 0.3 is 0 Å². The molecule has 3 aromatic rings. The molecule has 1 N–H and O–H groups in total. The highest BCUT2D eigenvalue weighted by Gasteiger charge is 2.06. The fraction of sp³-hybridized carbons (Fsp3) is 0.0909. The zero-order chi connectivity index (χ0) is 18.9. The number of amides is 1. The lowest BCUT2D eigenvalue weighted by Crippen LogP contribution is -2.17. The van der Waals surface area contributed by atoms with Crippen LogP contribution in [0.4, 0.5) is 0 Å². The van der Waals surface area contributed by atoms with E-state index in [1.165, 1.54) is 0 Å². The lowest BCUT2D eigenvalue weighted by atomic mass is 10.2. The number of hydrogen-bond acceptors (Lipinski definition) is 4. The van der Waals surface area contributed by atoms with Crippen LogP contribution in [-0.2, 0) is 6.61 Å². The summed E-state index contributed by atoms with van der Waals surface area (Å²) in [5.41, 5.74) is 4.91. The number of ether oxygens (including phenoxy) is 2. The number of hydrazone groups is 1. The van der Waals surface area contributed by atoms with Crippen LogP contribution in [0.15, 0.2) is 84.0 Å². The zero-order valence-electron chi connectivity index (χ0n) is 15.0. The summed E-state index contributed by atoms with van der Waals surface area (Å²) >= 11 is 0. The van der Waals surface area contributed by atoms with Crippen LogP contribution in [0, 0.1) is 0 Å². The molecule has 3 aromatic carbocycles. The van der Waals surface area contributed by atoms with Crippen LogP contribution in [0.2, 0.25) is 0 Å². The van der Waals surface area contributed by atoms with E-state index in [9.17, 15) is 4.79 Å².